The molecule has 1 aliphatic rings. The third-order valence-corrected chi connectivity index (χ3v) is 4.62. The molecule has 3 N–H and O–H groups in total. The minimum absolute atomic E-state index is 0.0493. The van der Waals surface area contributed by atoms with Crippen LogP contribution in [0, 0.1) is 11.6 Å². The van der Waals surface area contributed by atoms with Gasteiger partial charge in [0.2, 0.25) is 0 Å². The predicted octanol–water partition coefficient (Wildman–Crippen LogP) is 4.01. The molecule has 0 atom stereocenters. The molecule has 2 aromatic carbocycles. The highest BCUT2D eigenvalue weighted by Gasteiger charge is 2.40. The van der Waals surface area contributed by atoms with Gasteiger partial charge < -0.3 is 15.0 Å². The number of nitrogens with zero attached hydrogens (tertiary/aromatic N) is 2. The number of H-pyrrole nitrogens is 2. The van der Waals surface area contributed by atoms with Gasteiger partial charge in [0.15, 0.2) is 11.5 Å². The monoisotopic (exact) mass is 417 g/mol. The van der Waals surface area contributed by atoms with Crippen molar-refractivity contribution in [3.63, 3.8) is 0 Å². The maximum Gasteiger partial charge on any atom is 0.402 e. The van der Waals surface area contributed by atoms with Crippen LogP contribution in [0.25, 0.3) is 22.6 Å². The number of aromatic amines is 2. The van der Waals surface area contributed by atoms with Crippen LogP contribution in [-0.2, 0) is 6.42 Å². The number of alkyl halides is 2. The molecule has 0 saturated carbocycles. The van der Waals surface area contributed by atoms with Crippen molar-refractivity contribution in [3.8, 4) is 17.3 Å². The van der Waals surface area contributed by atoms with Gasteiger partial charge in [-0.2, -0.15) is 13.9 Å². The molecule has 0 bridgehead atoms. The average molecular weight is 417 g/mol. The quantitative estimate of drug-likeness (QED) is 0.439. The SMILES string of the molecule is O=C(Nc1c[nH]nc1-c1nc2cc3c(cc2[nH]1)OC(F)(F)C3)c1c(F)cccc1F. The number of aromatic nitrogens is 4. The van der Waals surface area contributed by atoms with E-state index in [9.17, 15) is 22.4 Å². The van der Waals surface area contributed by atoms with Gasteiger partial charge in [0, 0.05) is 17.8 Å². The number of imidazole rings is 1. The van der Waals surface area contributed by atoms with E-state index in [0.29, 0.717) is 16.6 Å². The molecule has 7 nitrogen and oxygen atoms in total. The molecule has 0 unspecified atom stereocenters. The van der Waals surface area contributed by atoms with Gasteiger partial charge in [0.1, 0.15) is 22.9 Å². The molecule has 5 rings (SSSR count). The summed E-state index contributed by atoms with van der Waals surface area (Å²) in [7, 11) is 0. The summed E-state index contributed by atoms with van der Waals surface area (Å²) >= 11 is 0. The molecule has 2 aromatic heterocycles. The third-order valence-electron chi connectivity index (χ3n) is 4.62. The molecule has 0 fully saturated rings. The van der Waals surface area contributed by atoms with Crippen LogP contribution in [0.1, 0.15) is 15.9 Å². The Morgan fingerprint density at radius 3 is 2.73 bits per heavy atom. The summed E-state index contributed by atoms with van der Waals surface area (Å²) in [5.74, 6) is -2.75. The van der Waals surface area contributed by atoms with E-state index in [2.05, 4.69) is 30.2 Å². The molecule has 30 heavy (non-hydrogen) atoms. The zero-order valence-corrected chi connectivity index (χ0v) is 14.9. The number of rotatable bonds is 3. The van der Waals surface area contributed by atoms with Crippen molar-refractivity contribution >= 4 is 22.6 Å². The summed E-state index contributed by atoms with van der Waals surface area (Å²) < 4.78 is 59.1. The van der Waals surface area contributed by atoms with Crippen LogP contribution >= 0.6 is 0 Å². The summed E-state index contributed by atoms with van der Waals surface area (Å²) in [6, 6.07) is 5.97. The molecule has 3 heterocycles. The highest BCUT2D eigenvalue weighted by atomic mass is 19.3. The second kappa shape index (κ2) is 6.31. The van der Waals surface area contributed by atoms with E-state index >= 15 is 0 Å². The van der Waals surface area contributed by atoms with Crippen LogP contribution in [0.3, 0.4) is 0 Å². The van der Waals surface area contributed by atoms with Gasteiger partial charge in [0.25, 0.3) is 5.91 Å². The first-order valence-electron chi connectivity index (χ1n) is 8.70. The highest BCUT2D eigenvalue weighted by molar-refractivity contribution is 6.06. The number of hydrogen-bond acceptors (Lipinski definition) is 4. The second-order valence-electron chi connectivity index (χ2n) is 6.68. The van der Waals surface area contributed by atoms with Gasteiger partial charge in [-0.1, -0.05) is 6.07 Å². The van der Waals surface area contributed by atoms with E-state index in [1.807, 2.05) is 0 Å². The first-order valence-corrected chi connectivity index (χ1v) is 8.70. The van der Waals surface area contributed by atoms with Crippen LogP contribution in [0.15, 0.2) is 36.5 Å². The first kappa shape index (κ1) is 18.2. The van der Waals surface area contributed by atoms with Crippen LogP contribution in [0.2, 0.25) is 0 Å². The standard InChI is InChI=1S/C19H11F4N5O2/c20-9-2-1-3-10(21)15(9)18(29)27-13-7-24-28-16(13)17-25-11-4-8-6-19(22,23)30-14(8)5-12(11)26-17/h1-5,7H,6H2,(H,24,28)(H,25,26)(H,27,29). The Balaban J connectivity index is 1.48. The van der Waals surface area contributed by atoms with Crippen LogP contribution in [0.5, 0.6) is 5.75 Å². The second-order valence-corrected chi connectivity index (χ2v) is 6.68. The van der Waals surface area contributed by atoms with Crippen molar-refractivity contribution in [2.45, 2.75) is 12.5 Å². The Hall–Kier alpha value is -3.89. The molecule has 0 spiro atoms. The summed E-state index contributed by atoms with van der Waals surface area (Å²) in [5.41, 5.74) is 0.687. The minimum atomic E-state index is -3.26. The summed E-state index contributed by atoms with van der Waals surface area (Å²) in [4.78, 5) is 19.6. The number of benzene rings is 2. The minimum Gasteiger partial charge on any atom is -0.432 e. The van der Waals surface area contributed by atoms with Crippen molar-refractivity contribution < 1.29 is 27.1 Å². The van der Waals surface area contributed by atoms with Gasteiger partial charge in [-0.3, -0.25) is 9.89 Å². The van der Waals surface area contributed by atoms with E-state index in [1.54, 1.807) is 0 Å². The summed E-state index contributed by atoms with van der Waals surface area (Å²) in [5, 5.41) is 8.94. The maximum atomic E-state index is 13.9. The highest BCUT2D eigenvalue weighted by Crippen LogP contribution is 2.39. The van der Waals surface area contributed by atoms with Gasteiger partial charge in [0.05, 0.1) is 23.1 Å². The predicted molar refractivity (Wildman–Crippen MR) is 97.3 cm³/mol. The van der Waals surface area contributed by atoms with Gasteiger partial charge in [-0.15, -0.1) is 0 Å². The smallest absolute Gasteiger partial charge is 0.402 e. The summed E-state index contributed by atoms with van der Waals surface area (Å²) in [6.07, 6.45) is -2.49. The number of anilines is 1. The van der Waals surface area contributed by atoms with Crippen molar-refractivity contribution in [3.05, 3.63) is 59.3 Å². The van der Waals surface area contributed by atoms with Gasteiger partial charge in [-0.25, -0.2) is 13.8 Å². The fourth-order valence-electron chi connectivity index (χ4n) is 3.31. The number of halogens is 4. The summed E-state index contributed by atoms with van der Waals surface area (Å²) in [6.45, 7) is 0. The Morgan fingerprint density at radius 2 is 1.97 bits per heavy atom. The normalized spacial score (nSPS) is 14.5. The first-order chi connectivity index (χ1) is 14.3. The molecule has 11 heteroatoms. The largest absolute Gasteiger partial charge is 0.432 e. The number of hydrogen-bond donors (Lipinski definition) is 3. The molecule has 1 aliphatic heterocycles. The average Bonchev–Trinajstić information content (AvgIpc) is 3.34. The van der Waals surface area contributed by atoms with Crippen molar-refractivity contribution in [2.75, 3.05) is 5.32 Å². The number of fused-ring (bicyclic) bond motifs is 2. The zero-order chi connectivity index (χ0) is 21.0. The number of carbonyl (C=O) groups is 1. The molecular weight excluding hydrogens is 406 g/mol. The van der Waals surface area contributed by atoms with Crippen molar-refractivity contribution in [1.82, 2.24) is 20.2 Å². The molecule has 0 aliphatic carbocycles. The Labute approximate surface area is 165 Å². The third kappa shape index (κ3) is 2.95. The maximum absolute atomic E-state index is 13.9. The van der Waals surface area contributed by atoms with E-state index in [0.717, 1.165) is 18.2 Å². The Morgan fingerprint density at radius 1 is 1.20 bits per heavy atom. The van der Waals surface area contributed by atoms with Crippen molar-refractivity contribution in [1.29, 1.82) is 0 Å². The van der Waals surface area contributed by atoms with E-state index in [1.165, 1.54) is 18.3 Å². The molecule has 0 saturated heterocycles. The van der Waals surface area contributed by atoms with Crippen LogP contribution in [0.4, 0.5) is 23.2 Å². The topological polar surface area (TPSA) is 95.7 Å². The number of carbonyl (C=O) groups excluding carboxylic acids is 1. The lowest BCUT2D eigenvalue weighted by Gasteiger charge is -2.06. The van der Waals surface area contributed by atoms with Gasteiger partial charge >= 0.3 is 6.11 Å². The zero-order valence-electron chi connectivity index (χ0n) is 14.9. The number of nitrogens with one attached hydrogen (secondary N) is 3. The number of ether oxygens (including phenoxy) is 1. The Bertz CT molecular complexity index is 1250. The number of amides is 1. The van der Waals surface area contributed by atoms with Crippen LogP contribution < -0.4 is 10.1 Å². The lowest BCUT2D eigenvalue weighted by molar-refractivity contribution is -0.159. The molecule has 152 valence electrons. The lowest BCUT2D eigenvalue weighted by atomic mass is 10.1. The molecular formula is C19H11F4N5O2. The molecule has 0 radical (unpaired) electrons. The fraction of sp³-hybridized carbons (Fsp3) is 0.105. The van der Waals surface area contributed by atoms with Crippen molar-refractivity contribution in [2.24, 2.45) is 0 Å². The molecule has 1 amide bonds. The Kier molecular flexibility index (Phi) is 3.82. The van der Waals surface area contributed by atoms with E-state index in [4.69, 9.17) is 0 Å². The fourth-order valence-corrected chi connectivity index (χ4v) is 3.31. The molecule has 4 aromatic rings. The van der Waals surface area contributed by atoms with Gasteiger partial charge in [-0.05, 0) is 18.2 Å². The van der Waals surface area contributed by atoms with E-state index < -0.39 is 35.6 Å². The van der Waals surface area contributed by atoms with Crippen LogP contribution in [-0.4, -0.2) is 32.2 Å². The van der Waals surface area contributed by atoms with E-state index in [-0.39, 0.29) is 23.0 Å². The lowest BCUT2D eigenvalue weighted by Crippen LogP contribution is -2.20.